The molecule has 1 N–H and O–H groups in total. The maximum absolute atomic E-state index is 6.18. The summed E-state index contributed by atoms with van der Waals surface area (Å²) in [7, 11) is 0. The quantitative estimate of drug-likeness (QED) is 0.792. The highest BCUT2D eigenvalue weighted by atomic mass is 35.5. The van der Waals surface area contributed by atoms with Gasteiger partial charge in [0.05, 0.1) is 0 Å². The fraction of sp³-hybridized carbons (Fsp3) is 0.455. The highest BCUT2D eigenvalue weighted by molar-refractivity contribution is 7.99. The first kappa shape index (κ1) is 10.3. The van der Waals surface area contributed by atoms with Crippen molar-refractivity contribution >= 4 is 23.4 Å². The molecule has 1 aromatic rings. The van der Waals surface area contributed by atoms with E-state index in [2.05, 4.69) is 17.4 Å². The smallest absolute Gasteiger partial charge is 0.0449 e. The van der Waals surface area contributed by atoms with Gasteiger partial charge in [0.25, 0.3) is 0 Å². The molecule has 0 saturated carbocycles. The highest BCUT2D eigenvalue weighted by Crippen LogP contribution is 2.36. The van der Waals surface area contributed by atoms with Crippen LogP contribution in [0.2, 0.25) is 5.02 Å². The van der Waals surface area contributed by atoms with Crippen LogP contribution in [0.5, 0.6) is 0 Å². The van der Waals surface area contributed by atoms with E-state index >= 15 is 0 Å². The summed E-state index contributed by atoms with van der Waals surface area (Å²) in [6.07, 6.45) is 1.18. The van der Waals surface area contributed by atoms with Gasteiger partial charge in [-0.3, -0.25) is 0 Å². The second kappa shape index (κ2) is 5.06. The van der Waals surface area contributed by atoms with E-state index in [0.29, 0.717) is 5.25 Å². The molecule has 3 heteroatoms. The number of rotatable bonds is 1. The molecule has 76 valence electrons. The van der Waals surface area contributed by atoms with Crippen molar-refractivity contribution in [2.45, 2.75) is 11.7 Å². The van der Waals surface area contributed by atoms with Gasteiger partial charge in [-0.1, -0.05) is 29.8 Å². The molecule has 14 heavy (non-hydrogen) atoms. The molecular weight excluding hydrogens is 214 g/mol. The minimum Gasteiger partial charge on any atom is -0.316 e. The standard InChI is InChI=1S/C11H14ClNS/c12-10-4-2-1-3-9(10)11-5-6-13-7-8-14-11/h1-4,11,13H,5-8H2. The third-order valence-electron chi connectivity index (χ3n) is 2.43. The third-order valence-corrected chi connectivity index (χ3v) is 4.11. The molecule has 1 atom stereocenters. The van der Waals surface area contributed by atoms with E-state index < -0.39 is 0 Å². The normalized spacial score (nSPS) is 23.1. The SMILES string of the molecule is Clc1ccccc1C1CCNCCS1. The van der Waals surface area contributed by atoms with Gasteiger partial charge < -0.3 is 5.32 Å². The predicted molar refractivity (Wildman–Crippen MR) is 64.1 cm³/mol. The van der Waals surface area contributed by atoms with Gasteiger partial charge >= 0.3 is 0 Å². The summed E-state index contributed by atoms with van der Waals surface area (Å²) in [5.74, 6) is 1.18. The lowest BCUT2D eigenvalue weighted by atomic mass is 10.1. The van der Waals surface area contributed by atoms with Crippen molar-refractivity contribution in [1.82, 2.24) is 5.32 Å². The number of hydrogen-bond acceptors (Lipinski definition) is 2. The summed E-state index contributed by atoms with van der Waals surface area (Å²) >= 11 is 8.18. The predicted octanol–water partition coefficient (Wildman–Crippen LogP) is 3.11. The zero-order valence-electron chi connectivity index (χ0n) is 8.00. The topological polar surface area (TPSA) is 12.0 Å². The molecule has 1 aliphatic heterocycles. The highest BCUT2D eigenvalue weighted by Gasteiger charge is 2.16. The van der Waals surface area contributed by atoms with E-state index in [1.54, 1.807) is 0 Å². The summed E-state index contributed by atoms with van der Waals surface area (Å²) in [4.78, 5) is 0. The van der Waals surface area contributed by atoms with E-state index in [1.165, 1.54) is 17.7 Å². The molecule has 1 fully saturated rings. The Morgan fingerprint density at radius 1 is 1.29 bits per heavy atom. The molecule has 1 aliphatic rings. The van der Waals surface area contributed by atoms with Crippen molar-refractivity contribution in [2.24, 2.45) is 0 Å². The van der Waals surface area contributed by atoms with E-state index in [1.807, 2.05) is 23.9 Å². The molecule has 0 aromatic heterocycles. The first-order valence-corrected chi connectivity index (χ1v) is 6.37. The second-order valence-electron chi connectivity index (χ2n) is 3.42. The Morgan fingerprint density at radius 2 is 2.14 bits per heavy atom. The fourth-order valence-electron chi connectivity index (χ4n) is 1.70. The van der Waals surface area contributed by atoms with Crippen LogP contribution in [0.25, 0.3) is 0 Å². The van der Waals surface area contributed by atoms with Crippen molar-refractivity contribution in [3.63, 3.8) is 0 Å². The van der Waals surface area contributed by atoms with Crippen molar-refractivity contribution in [1.29, 1.82) is 0 Å². The van der Waals surface area contributed by atoms with Crippen LogP contribution in [0.15, 0.2) is 24.3 Å². The summed E-state index contributed by atoms with van der Waals surface area (Å²) in [5.41, 5.74) is 1.29. The van der Waals surface area contributed by atoms with Gasteiger partial charge in [-0.2, -0.15) is 11.8 Å². The molecule has 1 unspecified atom stereocenters. The monoisotopic (exact) mass is 227 g/mol. The van der Waals surface area contributed by atoms with Gasteiger partial charge in [0.1, 0.15) is 0 Å². The summed E-state index contributed by atoms with van der Waals surface area (Å²) in [6, 6.07) is 8.19. The summed E-state index contributed by atoms with van der Waals surface area (Å²) < 4.78 is 0. The maximum Gasteiger partial charge on any atom is 0.0449 e. The average molecular weight is 228 g/mol. The molecule has 1 heterocycles. The number of hydrogen-bond donors (Lipinski definition) is 1. The van der Waals surface area contributed by atoms with Gasteiger partial charge in [-0.05, 0) is 24.6 Å². The number of thioether (sulfide) groups is 1. The molecule has 0 bridgehead atoms. The fourth-order valence-corrected chi connectivity index (χ4v) is 3.24. The molecule has 1 saturated heterocycles. The van der Waals surface area contributed by atoms with E-state index in [-0.39, 0.29) is 0 Å². The van der Waals surface area contributed by atoms with Crippen LogP contribution < -0.4 is 5.32 Å². The van der Waals surface area contributed by atoms with Crippen molar-refractivity contribution in [3.8, 4) is 0 Å². The Kier molecular flexibility index (Phi) is 3.74. The van der Waals surface area contributed by atoms with E-state index in [4.69, 9.17) is 11.6 Å². The van der Waals surface area contributed by atoms with Crippen LogP contribution in [0.4, 0.5) is 0 Å². The molecule has 0 radical (unpaired) electrons. The van der Waals surface area contributed by atoms with Crippen molar-refractivity contribution in [2.75, 3.05) is 18.8 Å². The van der Waals surface area contributed by atoms with Gasteiger partial charge in [-0.25, -0.2) is 0 Å². The zero-order chi connectivity index (χ0) is 9.80. The number of benzene rings is 1. The van der Waals surface area contributed by atoms with Gasteiger partial charge in [0.2, 0.25) is 0 Å². The summed E-state index contributed by atoms with van der Waals surface area (Å²) in [5, 5.41) is 4.88. The first-order chi connectivity index (χ1) is 6.88. The maximum atomic E-state index is 6.18. The van der Waals surface area contributed by atoms with Crippen LogP contribution in [0, 0.1) is 0 Å². The van der Waals surface area contributed by atoms with Crippen molar-refractivity contribution < 1.29 is 0 Å². The minimum absolute atomic E-state index is 0.568. The van der Waals surface area contributed by atoms with Gasteiger partial charge in [0, 0.05) is 22.6 Å². The molecule has 2 rings (SSSR count). The van der Waals surface area contributed by atoms with Crippen LogP contribution >= 0.6 is 23.4 Å². The lowest BCUT2D eigenvalue weighted by molar-refractivity contribution is 0.687. The van der Waals surface area contributed by atoms with Crippen LogP contribution in [-0.4, -0.2) is 18.8 Å². The van der Waals surface area contributed by atoms with Gasteiger partial charge in [0.15, 0.2) is 0 Å². The van der Waals surface area contributed by atoms with Crippen LogP contribution in [0.1, 0.15) is 17.2 Å². The molecule has 0 spiro atoms. The summed E-state index contributed by atoms with van der Waals surface area (Å²) in [6.45, 7) is 2.22. The second-order valence-corrected chi connectivity index (χ2v) is 5.14. The molecule has 0 aliphatic carbocycles. The lowest BCUT2D eigenvalue weighted by Crippen LogP contribution is -2.15. The van der Waals surface area contributed by atoms with E-state index in [0.717, 1.165) is 18.1 Å². The Morgan fingerprint density at radius 3 is 3.00 bits per heavy atom. The Labute approximate surface area is 94.2 Å². The number of nitrogens with one attached hydrogen (secondary N) is 1. The first-order valence-electron chi connectivity index (χ1n) is 4.94. The molecular formula is C11H14ClNS. The molecule has 1 aromatic carbocycles. The molecule has 0 amide bonds. The van der Waals surface area contributed by atoms with Crippen molar-refractivity contribution in [3.05, 3.63) is 34.9 Å². The number of halogens is 1. The van der Waals surface area contributed by atoms with E-state index in [9.17, 15) is 0 Å². The van der Waals surface area contributed by atoms with Crippen LogP contribution in [0.3, 0.4) is 0 Å². The molecule has 1 nitrogen and oxygen atoms in total. The minimum atomic E-state index is 0.568. The Hall–Kier alpha value is -0.180. The Bertz CT molecular complexity index is 295. The Balaban J connectivity index is 2.16. The average Bonchev–Trinajstić information content (AvgIpc) is 2.47. The third kappa shape index (κ3) is 2.44. The largest absolute Gasteiger partial charge is 0.316 e. The zero-order valence-corrected chi connectivity index (χ0v) is 9.57. The lowest BCUT2D eigenvalue weighted by Gasteiger charge is -2.14. The van der Waals surface area contributed by atoms with Gasteiger partial charge in [-0.15, -0.1) is 0 Å². The van der Waals surface area contributed by atoms with Crippen LogP contribution in [-0.2, 0) is 0 Å².